The number of nitrogens with one attached hydrogen (secondary N) is 13. The maximum absolute atomic E-state index is 15.4. The number of aliphatic hydroxyl groups excluding tert-OH is 1. The van der Waals surface area contributed by atoms with E-state index in [0.717, 1.165) is 38.1 Å². The number of epoxide rings is 1. The van der Waals surface area contributed by atoms with Crippen LogP contribution in [0.4, 0.5) is 0 Å². The predicted octanol–water partition coefficient (Wildman–Crippen LogP) is -5.11. The van der Waals surface area contributed by atoms with Crippen molar-refractivity contribution in [3.8, 4) is 5.75 Å². The van der Waals surface area contributed by atoms with Gasteiger partial charge in [0.2, 0.25) is 59.1 Å². The molecule has 11 amide bonds. The Morgan fingerprint density at radius 3 is 1.66 bits per heavy atom. The van der Waals surface area contributed by atoms with E-state index >= 15 is 19.2 Å². The van der Waals surface area contributed by atoms with Gasteiger partial charge in [-0.1, -0.05) is 68.8 Å². The van der Waals surface area contributed by atoms with Gasteiger partial charge in [0.25, 0.3) is 5.91 Å². The lowest BCUT2D eigenvalue weighted by Gasteiger charge is -2.31. The number of fused-ring (bicyclic) bond motifs is 2. The number of H-pyrrole nitrogens is 2. The molecule has 5 aromatic rings. The first-order chi connectivity index (χ1) is 52.5. The fourth-order valence-corrected chi connectivity index (χ4v) is 12.4. The number of phenolic OH excluding ortho intramolecular Hbond substituents is 1. The van der Waals surface area contributed by atoms with E-state index < -0.39 is 257 Å². The SMILES string of the molecule is CCCC1OC1C(=O)N[C@@H](CO)C(=O)N[C@H]1C(=O)N[C@H](Cc2c[nH]c3ccccc23)C(=O)N[C@@H](CC(=O)O)C(=O)N[C@@H](CC(=O)O)C(=O)N[C@H](c2ccc(O)cc2)C(=O)N[C@@H](CC(=O)O)C(=O)NCC(=O)N[C@H]([C@@H](CON)OP(=O)(O)O)C(=O)N[C@@H](C(C)CC(=O)O)C(=O)NC(Cc2c[nH]c3ccccc23)C(=O)O[C@@H]1C. The van der Waals surface area contributed by atoms with E-state index in [1.54, 1.807) is 55.5 Å². The Hall–Kier alpha value is -12.0. The Kier molecular flexibility index (Phi) is 30.6. The summed E-state index contributed by atoms with van der Waals surface area (Å²) in [6.07, 6.45) is -8.82. The number of ether oxygens (including phenoxy) is 2. The van der Waals surface area contributed by atoms with Crippen molar-refractivity contribution in [1.82, 2.24) is 68.5 Å². The largest absolute Gasteiger partial charge is 0.508 e. The molecule has 4 unspecified atom stereocenters. The zero-order valence-corrected chi connectivity index (χ0v) is 60.1. The van der Waals surface area contributed by atoms with Crippen LogP contribution < -0.4 is 64.4 Å². The molecule has 111 heavy (non-hydrogen) atoms. The Labute approximate surface area is 627 Å². The number of aromatic hydroxyl groups is 1. The molecule has 7 rings (SSSR count). The van der Waals surface area contributed by atoms with Crippen LogP contribution in [-0.4, -0.2) is 244 Å². The first-order valence-electron chi connectivity index (χ1n) is 34.1. The van der Waals surface area contributed by atoms with Crippen molar-refractivity contribution in [2.75, 3.05) is 19.8 Å². The van der Waals surface area contributed by atoms with Gasteiger partial charge < -0.3 is 123 Å². The lowest BCUT2D eigenvalue weighted by molar-refractivity contribution is -0.156. The van der Waals surface area contributed by atoms with Crippen molar-refractivity contribution < 1.29 is 141 Å². The van der Waals surface area contributed by atoms with Crippen LogP contribution in [-0.2, 0) is 113 Å². The molecule has 2 aromatic heterocycles. The molecule has 2 fully saturated rings. The highest BCUT2D eigenvalue weighted by atomic mass is 31.2. The van der Waals surface area contributed by atoms with E-state index in [9.17, 15) is 103 Å². The summed E-state index contributed by atoms with van der Waals surface area (Å²) >= 11 is 0. The van der Waals surface area contributed by atoms with Crippen molar-refractivity contribution in [2.24, 2.45) is 11.8 Å². The van der Waals surface area contributed by atoms with Gasteiger partial charge in [0.05, 0.1) is 51.5 Å². The first kappa shape index (κ1) is 86.2. The molecular weight excluding hydrogens is 1500 g/mol. The zero-order chi connectivity index (χ0) is 81.7. The smallest absolute Gasteiger partial charge is 0.470 e. The van der Waals surface area contributed by atoms with E-state index in [1.807, 2.05) is 21.3 Å². The molecule has 0 bridgehead atoms. The molecule has 2 aliphatic heterocycles. The van der Waals surface area contributed by atoms with Crippen molar-refractivity contribution >= 4 is 124 Å². The highest BCUT2D eigenvalue weighted by Gasteiger charge is 2.47. The first-order valence-corrected chi connectivity index (χ1v) is 35.6. The third-order valence-electron chi connectivity index (χ3n) is 17.4. The monoisotopic (exact) mass is 1580 g/mol. The average molecular weight is 1580 g/mol. The number of cyclic esters (lactones) is 1. The summed E-state index contributed by atoms with van der Waals surface area (Å²) in [5.41, 5.74) is 1.01. The van der Waals surface area contributed by atoms with E-state index in [1.165, 1.54) is 12.4 Å². The van der Waals surface area contributed by atoms with E-state index in [0.29, 0.717) is 34.6 Å². The van der Waals surface area contributed by atoms with Gasteiger partial charge in [-0.2, -0.15) is 0 Å². The van der Waals surface area contributed by atoms with Crippen LogP contribution in [0.1, 0.15) is 82.0 Å². The van der Waals surface area contributed by atoms with Crippen LogP contribution in [0.3, 0.4) is 0 Å². The van der Waals surface area contributed by atoms with Gasteiger partial charge in [0.1, 0.15) is 78.4 Å². The molecule has 4 heterocycles. The highest BCUT2D eigenvalue weighted by Crippen LogP contribution is 2.38. The van der Waals surface area contributed by atoms with Gasteiger partial charge in [-0.15, -0.1) is 0 Å². The Bertz CT molecular complexity index is 4360. The number of carboxylic acid groups (broad SMARTS) is 4. The van der Waals surface area contributed by atoms with Crippen molar-refractivity contribution in [3.05, 3.63) is 102 Å². The molecule has 600 valence electrons. The molecule has 15 atom stereocenters. The number of phenols is 1. The predicted molar refractivity (Wildman–Crippen MR) is 375 cm³/mol. The van der Waals surface area contributed by atoms with Gasteiger partial charge >= 0.3 is 37.7 Å². The lowest BCUT2D eigenvalue weighted by atomic mass is 9.95. The highest BCUT2D eigenvalue weighted by molar-refractivity contribution is 7.46. The summed E-state index contributed by atoms with van der Waals surface area (Å²) in [6.45, 7) is 0.102. The number of aromatic nitrogens is 2. The summed E-state index contributed by atoms with van der Waals surface area (Å²) < 4.78 is 28.6. The van der Waals surface area contributed by atoms with Crippen molar-refractivity contribution in [2.45, 2.75) is 157 Å². The van der Waals surface area contributed by atoms with Crippen LogP contribution >= 0.6 is 7.82 Å². The number of benzene rings is 3. The Morgan fingerprint density at radius 2 is 1.13 bits per heavy atom. The summed E-state index contributed by atoms with van der Waals surface area (Å²) in [6, 6.07) is -5.70. The fourth-order valence-electron chi connectivity index (χ4n) is 11.8. The van der Waals surface area contributed by atoms with Crippen LogP contribution in [0.2, 0.25) is 0 Å². The van der Waals surface area contributed by atoms with Crippen LogP contribution in [0.15, 0.2) is 85.2 Å². The number of phosphoric ester groups is 1. The van der Waals surface area contributed by atoms with Crippen LogP contribution in [0, 0.1) is 5.92 Å². The number of carbonyl (C=O) groups excluding carboxylic acids is 12. The second-order valence-corrected chi connectivity index (χ2v) is 27.0. The number of nitrogens with two attached hydrogens (primary N) is 1. The number of esters is 1. The third kappa shape index (κ3) is 25.0. The number of aromatic amines is 2. The number of phosphoric acid groups is 1. The second-order valence-electron chi connectivity index (χ2n) is 25.8. The standard InChI is InChI=1S/C67H83N14O29P/c1-4-9-45-56(109-45)66(102)77-44(27-82)61(97)80-53-30(3)108-67(103)43(20-33-25-70-38-13-8-6-11-36(33)38)76-62(98)52(29(2)18-48(85)86)79-65(101)55(46(28-107-68)110-111(104,105)106)78-47(84)26-71-57(93)40(21-49(87)88)75-64(100)54(31-14-16-34(83)17-15-31)81-60(96)42(23-51(91)92)73-59(95)41(22-50(89)90)72-58(94)39(74-63(53)99)19-32-24-69-37-12-7-5-10-35(32)37/h5-8,10-17,24-25,29-30,39-46,52-56,69-70,82-83H,4,9,18-23,26-28,68H2,1-3H3,(H,71,93)(H,72,94)(H,73,95)(H,74,99)(H,75,100)(H,76,98)(H,77,102)(H,78,84)(H,79,101)(H,80,97)(H,81,96)(H,85,86)(H,87,88)(H,89,90)(H,91,92)(H2,104,105,106)/t29?,30-,39-,40+,41+,42+,43?,44+,45?,46-,52+,53-,54-,55-,56?/m1/s1. The quantitative estimate of drug-likeness (QED) is 0.0107. The Morgan fingerprint density at radius 1 is 0.622 bits per heavy atom. The van der Waals surface area contributed by atoms with Gasteiger partial charge in [0, 0.05) is 47.0 Å². The van der Waals surface area contributed by atoms with E-state index in [2.05, 4.69) is 52.0 Å². The molecule has 23 N–H and O–H groups in total. The minimum absolute atomic E-state index is 0.215. The molecule has 44 heteroatoms. The summed E-state index contributed by atoms with van der Waals surface area (Å²) in [5.74, 6) is -21.7. The molecule has 0 saturated carbocycles. The number of carbonyl (C=O) groups is 16. The average Bonchev–Trinajstić information content (AvgIpc) is 1.78. The molecular formula is C67H83N14O29P. The second kappa shape index (κ2) is 39.4. The number of amides is 11. The van der Waals surface area contributed by atoms with Crippen molar-refractivity contribution in [1.29, 1.82) is 0 Å². The number of aliphatic hydroxyl groups is 1. The minimum atomic E-state index is -5.82. The molecule has 2 aliphatic rings. The number of para-hydroxylation sites is 2. The van der Waals surface area contributed by atoms with Crippen LogP contribution in [0.5, 0.6) is 5.75 Å². The van der Waals surface area contributed by atoms with E-state index in [-0.39, 0.29) is 16.7 Å². The maximum atomic E-state index is 15.4. The zero-order valence-electron chi connectivity index (χ0n) is 59.2. The number of aliphatic carboxylic acids is 4. The van der Waals surface area contributed by atoms with Crippen LogP contribution in [0.25, 0.3) is 21.8 Å². The lowest BCUT2D eigenvalue weighted by Crippen LogP contribution is -2.63. The number of hydrogen-bond donors (Lipinski definition) is 22. The molecule has 0 aliphatic carbocycles. The minimum Gasteiger partial charge on any atom is -0.508 e. The van der Waals surface area contributed by atoms with Gasteiger partial charge in [-0.05, 0) is 60.2 Å². The van der Waals surface area contributed by atoms with Gasteiger partial charge in [0.15, 0.2) is 6.10 Å². The summed E-state index contributed by atoms with van der Waals surface area (Å²) in [4.78, 5) is 255. The molecule has 2 saturated heterocycles. The topological polar surface area (TPSA) is 682 Å². The molecule has 3 aromatic carbocycles. The number of hydrogen-bond acceptors (Lipinski definition) is 24. The summed E-state index contributed by atoms with van der Waals surface area (Å²) in [7, 11) is -5.82. The maximum Gasteiger partial charge on any atom is 0.470 e. The van der Waals surface area contributed by atoms with E-state index in [4.69, 9.17) is 19.9 Å². The molecule has 43 nitrogen and oxygen atoms in total. The summed E-state index contributed by atoms with van der Waals surface area (Å²) in [5, 5.41) is 85.8. The molecule has 0 spiro atoms. The van der Waals surface area contributed by atoms with Crippen molar-refractivity contribution in [3.63, 3.8) is 0 Å². The Balaban J connectivity index is 1.40. The number of rotatable bonds is 26. The van der Waals surface area contributed by atoms with Gasteiger partial charge in [-0.3, -0.25) is 76.4 Å². The third-order valence-corrected chi connectivity index (χ3v) is 17.9. The fraction of sp³-hybridized carbons (Fsp3) is 0.433. The van der Waals surface area contributed by atoms with Gasteiger partial charge in [-0.25, -0.2) is 15.3 Å². The normalized spacial score (nSPS) is 24.1. The number of carboxylic acids is 4. The molecule has 0 radical (unpaired) electrons.